The largest absolute Gasteiger partial charge is 0.748 e. The minimum absolute atomic E-state index is 0.215. The number of ether oxygens (including phenoxy) is 1. The van der Waals surface area contributed by atoms with Crippen LogP contribution in [0.3, 0.4) is 0 Å². The highest BCUT2D eigenvalue weighted by molar-refractivity contribution is 7.84. The molecule has 2 aromatic heterocycles. The lowest BCUT2D eigenvalue weighted by Crippen LogP contribution is -2.30. The van der Waals surface area contributed by atoms with E-state index >= 15 is 0 Å². The van der Waals surface area contributed by atoms with Gasteiger partial charge in [0.1, 0.15) is 12.0 Å². The summed E-state index contributed by atoms with van der Waals surface area (Å²) in [4.78, 5) is 11.6. The number of nitrogens with one attached hydrogen (secondary N) is 1. The number of hydrogen-bond donors (Lipinski definition) is 2. The molecule has 3 heterocycles. The van der Waals surface area contributed by atoms with Crippen LogP contribution < -0.4 is 10.1 Å². The number of hydrogen-bond acceptors (Lipinski definition) is 10. The van der Waals surface area contributed by atoms with E-state index in [2.05, 4.69) is 69.9 Å². The van der Waals surface area contributed by atoms with Crippen molar-refractivity contribution in [2.75, 3.05) is 39.5 Å². The lowest BCUT2D eigenvalue weighted by atomic mass is 9.78. The minimum atomic E-state index is -3.92. The van der Waals surface area contributed by atoms with Crippen molar-refractivity contribution in [1.82, 2.24) is 20.2 Å². The first kappa shape index (κ1) is 37.5. The van der Waals surface area contributed by atoms with Crippen LogP contribution in [0.1, 0.15) is 89.6 Å². The Morgan fingerprint density at radius 1 is 1.13 bits per heavy atom. The first-order chi connectivity index (χ1) is 21.4. The number of phenols is 1. The van der Waals surface area contributed by atoms with Crippen molar-refractivity contribution in [1.29, 1.82) is 0 Å². The standard InChI is InChI=1S/C34H50N4O3.CH4O3S/c1-33(2,3)28-18-26(19-29(31(28)39)34(4,5)6)32-37-27(23-41-32)14-17-40-30-13-12-25(21-36-30)22-38(7)16-9-11-24-10-8-15-35-20-24;1-5(2,3)4/h12-13,18-19,21,23-24,35,39H,8-11,14-17,20,22H2,1-7H3;1H3,(H,2,3,4)/p-1. The molecule has 0 bridgehead atoms. The SMILES string of the molecule is CN(CCCC1CCCNC1)Cc1ccc(OCCc2coc(-c3cc(C(C)(C)C)c(O)c(C(C)(C)C)c3)n2)nc1.CS(=O)(=O)[O-]. The van der Waals surface area contributed by atoms with Crippen LogP contribution in [0, 0.1) is 5.92 Å². The number of benzene rings is 1. The molecule has 0 radical (unpaired) electrons. The van der Waals surface area contributed by atoms with Gasteiger partial charge in [-0.25, -0.2) is 18.4 Å². The van der Waals surface area contributed by atoms with Gasteiger partial charge in [-0.2, -0.15) is 0 Å². The second-order valence-electron chi connectivity index (χ2n) is 14.5. The van der Waals surface area contributed by atoms with Gasteiger partial charge >= 0.3 is 0 Å². The summed E-state index contributed by atoms with van der Waals surface area (Å²) in [5.41, 5.74) is 4.24. The normalized spacial score (nSPS) is 15.8. The molecular formula is C35H53N4O6S-. The fourth-order valence-electron chi connectivity index (χ4n) is 5.52. The number of phenolic OH excluding ortho intramolecular Hbond substituents is 1. The van der Waals surface area contributed by atoms with Crippen LogP contribution in [-0.4, -0.2) is 72.5 Å². The predicted octanol–water partition coefficient (Wildman–Crippen LogP) is 6.03. The van der Waals surface area contributed by atoms with Crippen LogP contribution in [-0.2, 0) is 33.9 Å². The Hall–Kier alpha value is -2.99. The molecule has 1 atom stereocenters. The summed E-state index contributed by atoms with van der Waals surface area (Å²) in [5.74, 6) is 2.37. The number of aromatic nitrogens is 2. The van der Waals surface area contributed by atoms with Crippen LogP contribution in [0.25, 0.3) is 11.5 Å². The molecule has 10 nitrogen and oxygen atoms in total. The number of oxazole rings is 1. The maximum absolute atomic E-state index is 11.0. The molecule has 1 fully saturated rings. The van der Waals surface area contributed by atoms with E-state index in [0.29, 0.717) is 36.8 Å². The molecule has 1 aromatic carbocycles. The van der Waals surface area contributed by atoms with E-state index in [9.17, 15) is 5.11 Å². The van der Waals surface area contributed by atoms with Crippen LogP contribution >= 0.6 is 0 Å². The molecule has 11 heteroatoms. The van der Waals surface area contributed by atoms with Crippen LogP contribution in [0.2, 0.25) is 0 Å². The molecule has 0 aliphatic carbocycles. The third kappa shape index (κ3) is 12.7. The Morgan fingerprint density at radius 3 is 2.33 bits per heavy atom. The van der Waals surface area contributed by atoms with Crippen molar-refractivity contribution in [2.45, 2.75) is 91.0 Å². The van der Waals surface area contributed by atoms with Crippen LogP contribution in [0.4, 0.5) is 0 Å². The molecule has 3 aromatic rings. The number of aromatic hydroxyl groups is 1. The quantitative estimate of drug-likeness (QED) is 0.235. The van der Waals surface area contributed by atoms with Gasteiger partial charge in [0.2, 0.25) is 11.8 Å². The van der Waals surface area contributed by atoms with Gasteiger partial charge in [0.05, 0.1) is 22.4 Å². The second kappa shape index (κ2) is 16.2. The van der Waals surface area contributed by atoms with Gasteiger partial charge < -0.3 is 29.0 Å². The van der Waals surface area contributed by atoms with E-state index in [0.717, 1.165) is 41.4 Å². The third-order valence-electron chi connectivity index (χ3n) is 7.93. The van der Waals surface area contributed by atoms with Gasteiger partial charge in [0.15, 0.2) is 0 Å². The monoisotopic (exact) mass is 657 g/mol. The van der Waals surface area contributed by atoms with Crippen molar-refractivity contribution in [3.05, 3.63) is 59.1 Å². The van der Waals surface area contributed by atoms with Crippen molar-refractivity contribution in [2.24, 2.45) is 5.92 Å². The molecule has 1 aliphatic rings. The van der Waals surface area contributed by atoms with Gasteiger partial charge in [-0.05, 0) is 86.8 Å². The lowest BCUT2D eigenvalue weighted by Gasteiger charge is -2.27. The van der Waals surface area contributed by atoms with Crippen LogP contribution in [0.15, 0.2) is 41.1 Å². The number of nitrogens with zero attached hydrogens (tertiary/aromatic N) is 3. The van der Waals surface area contributed by atoms with Gasteiger partial charge in [-0.15, -0.1) is 0 Å². The smallest absolute Gasteiger partial charge is 0.226 e. The molecule has 1 saturated heterocycles. The zero-order chi connectivity index (χ0) is 34.1. The van der Waals surface area contributed by atoms with Crippen molar-refractivity contribution < 1.29 is 27.2 Å². The van der Waals surface area contributed by atoms with Gasteiger partial charge in [0, 0.05) is 48.2 Å². The molecule has 4 rings (SSSR count). The molecule has 0 spiro atoms. The number of piperidine rings is 1. The maximum Gasteiger partial charge on any atom is 0.226 e. The third-order valence-corrected chi connectivity index (χ3v) is 7.93. The first-order valence-electron chi connectivity index (χ1n) is 16.1. The van der Waals surface area contributed by atoms with Crippen molar-refractivity contribution in [3.8, 4) is 23.1 Å². The highest BCUT2D eigenvalue weighted by atomic mass is 32.2. The summed E-state index contributed by atoms with van der Waals surface area (Å²) in [6, 6.07) is 8.04. The molecule has 0 amide bonds. The Balaban J connectivity index is 0.00000107. The number of pyridine rings is 1. The molecule has 46 heavy (non-hydrogen) atoms. The Bertz CT molecular complexity index is 1440. The zero-order valence-corrected chi connectivity index (χ0v) is 29.7. The molecule has 256 valence electrons. The molecule has 1 unspecified atom stereocenters. The molecular weight excluding hydrogens is 604 g/mol. The van der Waals surface area contributed by atoms with Gasteiger partial charge in [-0.3, -0.25) is 0 Å². The van der Waals surface area contributed by atoms with Gasteiger partial charge in [-0.1, -0.05) is 47.6 Å². The molecule has 1 aliphatic heterocycles. The maximum atomic E-state index is 11.0. The summed E-state index contributed by atoms with van der Waals surface area (Å²) in [6.07, 6.45) is 10.1. The fraction of sp³-hybridized carbons (Fsp3) is 0.600. The van der Waals surface area contributed by atoms with Crippen molar-refractivity contribution >= 4 is 10.1 Å². The van der Waals surface area contributed by atoms with E-state index in [1.165, 1.54) is 44.3 Å². The highest BCUT2D eigenvalue weighted by Crippen LogP contribution is 2.41. The molecule has 0 saturated carbocycles. The Kier molecular flexibility index (Phi) is 13.2. The van der Waals surface area contributed by atoms with E-state index in [-0.39, 0.29) is 10.8 Å². The zero-order valence-electron chi connectivity index (χ0n) is 28.9. The molecule has 2 N–H and O–H groups in total. The lowest BCUT2D eigenvalue weighted by molar-refractivity contribution is 0.286. The summed E-state index contributed by atoms with van der Waals surface area (Å²) in [5, 5.41) is 14.5. The summed E-state index contributed by atoms with van der Waals surface area (Å²) in [7, 11) is -1.73. The average molecular weight is 658 g/mol. The Morgan fingerprint density at radius 2 is 1.78 bits per heavy atom. The summed E-state index contributed by atoms with van der Waals surface area (Å²) >= 11 is 0. The summed E-state index contributed by atoms with van der Waals surface area (Å²) < 4.78 is 39.0. The van der Waals surface area contributed by atoms with E-state index in [4.69, 9.17) is 27.1 Å². The minimum Gasteiger partial charge on any atom is -0.748 e. The predicted molar refractivity (Wildman–Crippen MR) is 181 cm³/mol. The van der Waals surface area contributed by atoms with Crippen LogP contribution in [0.5, 0.6) is 11.6 Å². The van der Waals surface area contributed by atoms with E-state index in [1.54, 1.807) is 6.26 Å². The van der Waals surface area contributed by atoms with Gasteiger partial charge in [0.25, 0.3) is 0 Å². The average Bonchev–Trinajstić information content (AvgIpc) is 3.41. The number of rotatable bonds is 11. The highest BCUT2D eigenvalue weighted by Gasteiger charge is 2.27. The van der Waals surface area contributed by atoms with Crippen molar-refractivity contribution in [3.63, 3.8) is 0 Å². The first-order valence-corrected chi connectivity index (χ1v) is 17.9. The second-order valence-corrected chi connectivity index (χ2v) is 15.9. The Labute approximate surface area is 275 Å². The van der Waals surface area contributed by atoms with E-state index < -0.39 is 10.1 Å². The fourth-order valence-corrected chi connectivity index (χ4v) is 5.52. The topological polar surface area (TPSA) is 141 Å². The summed E-state index contributed by atoms with van der Waals surface area (Å²) in [6.45, 7) is 17.4. The van der Waals surface area contributed by atoms with E-state index in [1.807, 2.05) is 24.4 Å².